The lowest BCUT2D eigenvalue weighted by atomic mass is 10.1. The molecule has 0 saturated heterocycles. The van der Waals surface area contributed by atoms with Gasteiger partial charge in [0.25, 0.3) is 0 Å². The third-order valence-corrected chi connectivity index (χ3v) is 3.90. The number of ether oxygens (including phenoxy) is 5. The molecule has 0 aliphatic heterocycles. The van der Waals surface area contributed by atoms with Gasteiger partial charge in [0, 0.05) is 5.92 Å². The minimum atomic E-state index is -1.26. The van der Waals surface area contributed by atoms with Crippen LogP contribution < -0.4 is 5.32 Å². The highest BCUT2D eigenvalue weighted by molar-refractivity contribution is 5.68. The third-order valence-electron chi connectivity index (χ3n) is 3.90. The van der Waals surface area contributed by atoms with E-state index >= 15 is 0 Å². The van der Waals surface area contributed by atoms with Crippen molar-refractivity contribution in [2.45, 2.75) is 104 Å². The van der Waals surface area contributed by atoms with Crippen LogP contribution in [-0.2, 0) is 23.7 Å². The molecule has 31 heavy (non-hydrogen) atoms. The lowest BCUT2D eigenvalue weighted by Gasteiger charge is -2.26. The highest BCUT2D eigenvalue weighted by Crippen LogP contribution is 2.31. The van der Waals surface area contributed by atoms with Crippen molar-refractivity contribution in [3.05, 3.63) is 0 Å². The zero-order valence-corrected chi connectivity index (χ0v) is 19.9. The van der Waals surface area contributed by atoms with Gasteiger partial charge < -0.3 is 34.1 Å². The van der Waals surface area contributed by atoms with Gasteiger partial charge in [0.15, 0.2) is 0 Å². The zero-order chi connectivity index (χ0) is 24.2. The lowest BCUT2D eigenvalue weighted by Crippen LogP contribution is -2.46. The number of aliphatic hydroxyl groups is 1. The molecule has 1 saturated carbocycles. The Balaban J connectivity index is 2.86. The molecule has 180 valence electrons. The number of carbonyl (C=O) groups is 3. The van der Waals surface area contributed by atoms with E-state index in [0.717, 1.165) is 0 Å². The summed E-state index contributed by atoms with van der Waals surface area (Å²) in [4.78, 5) is 36.2. The van der Waals surface area contributed by atoms with Crippen molar-refractivity contribution < 1.29 is 43.2 Å². The highest BCUT2D eigenvalue weighted by atomic mass is 16.7. The molecular formula is C21H37NO9. The fourth-order valence-corrected chi connectivity index (χ4v) is 2.88. The van der Waals surface area contributed by atoms with Gasteiger partial charge in [-0.15, -0.1) is 0 Å². The average molecular weight is 448 g/mol. The van der Waals surface area contributed by atoms with E-state index in [1.165, 1.54) is 0 Å². The van der Waals surface area contributed by atoms with E-state index in [4.69, 9.17) is 23.7 Å². The topological polar surface area (TPSA) is 130 Å². The maximum absolute atomic E-state index is 12.1. The molecule has 0 aromatic carbocycles. The molecule has 1 amide bonds. The highest BCUT2D eigenvalue weighted by Gasteiger charge is 2.47. The molecule has 2 N–H and O–H groups in total. The summed E-state index contributed by atoms with van der Waals surface area (Å²) in [6.45, 7) is 15.1. The molecule has 1 aliphatic rings. The van der Waals surface area contributed by atoms with E-state index in [-0.39, 0.29) is 13.0 Å². The number of alkyl carbamates (subject to hydrolysis) is 1. The summed E-state index contributed by atoms with van der Waals surface area (Å²) in [5, 5.41) is 13.3. The smallest absolute Gasteiger partial charge is 0.444 e. The van der Waals surface area contributed by atoms with E-state index in [1.807, 2.05) is 0 Å². The van der Waals surface area contributed by atoms with Crippen molar-refractivity contribution in [2.75, 3.05) is 6.61 Å². The second-order valence-corrected chi connectivity index (χ2v) is 10.6. The molecule has 0 radical (unpaired) electrons. The Morgan fingerprint density at radius 1 is 0.839 bits per heavy atom. The molecule has 0 aromatic rings. The average Bonchev–Trinajstić information content (AvgIpc) is 2.76. The Labute approximate surface area is 183 Å². The van der Waals surface area contributed by atoms with E-state index in [2.05, 4.69) is 5.32 Å². The SMILES string of the molecule is CC(C)(C)OC(=O)N[C@@H]1CC(COC(=O)OC(C)(C)C)[C@@H](OC(=O)OC(C)(C)C)[C@@H]1O. The summed E-state index contributed by atoms with van der Waals surface area (Å²) in [6.07, 6.45) is -4.74. The first-order valence-corrected chi connectivity index (χ1v) is 10.3. The maximum atomic E-state index is 12.1. The van der Waals surface area contributed by atoms with Crippen molar-refractivity contribution in [2.24, 2.45) is 5.92 Å². The standard InChI is InChI=1S/C21H37NO9/c1-19(2,3)29-16(24)22-13-10-12(11-27-17(25)30-20(4,5)6)15(14(13)23)28-18(26)31-21(7,8)9/h12-15,23H,10-11H2,1-9H3,(H,22,24)/t12?,13-,14-,15-/m1/s1. The summed E-state index contributed by atoms with van der Waals surface area (Å²) in [5.41, 5.74) is -2.25. The van der Waals surface area contributed by atoms with Gasteiger partial charge in [0.05, 0.1) is 6.04 Å². The first-order valence-electron chi connectivity index (χ1n) is 10.3. The van der Waals surface area contributed by atoms with Crippen LogP contribution in [0, 0.1) is 5.92 Å². The van der Waals surface area contributed by atoms with Gasteiger partial charge in [-0.25, -0.2) is 14.4 Å². The van der Waals surface area contributed by atoms with Gasteiger partial charge in [-0.3, -0.25) is 0 Å². The molecule has 10 heteroatoms. The Kier molecular flexibility index (Phi) is 8.59. The summed E-state index contributed by atoms with van der Waals surface area (Å²) in [6, 6.07) is -0.783. The number of carbonyl (C=O) groups excluding carboxylic acids is 3. The third kappa shape index (κ3) is 10.6. The molecule has 1 unspecified atom stereocenters. The number of hydrogen-bond acceptors (Lipinski definition) is 9. The zero-order valence-electron chi connectivity index (χ0n) is 19.9. The van der Waals surface area contributed by atoms with Crippen LogP contribution in [0.25, 0.3) is 0 Å². The molecule has 10 nitrogen and oxygen atoms in total. The molecule has 0 spiro atoms. The van der Waals surface area contributed by atoms with Crippen molar-refractivity contribution in [3.8, 4) is 0 Å². The monoisotopic (exact) mass is 447 g/mol. The Hall–Kier alpha value is -2.23. The number of rotatable bonds is 4. The molecule has 4 atom stereocenters. The van der Waals surface area contributed by atoms with Crippen LogP contribution in [-0.4, -0.2) is 65.2 Å². The summed E-state index contributed by atoms with van der Waals surface area (Å²) < 4.78 is 26.0. The van der Waals surface area contributed by atoms with E-state index in [1.54, 1.807) is 62.3 Å². The van der Waals surface area contributed by atoms with Crippen molar-refractivity contribution in [1.82, 2.24) is 5.32 Å². The Morgan fingerprint density at radius 2 is 1.32 bits per heavy atom. The molecular weight excluding hydrogens is 410 g/mol. The molecule has 1 aliphatic carbocycles. The maximum Gasteiger partial charge on any atom is 0.509 e. The Morgan fingerprint density at radius 3 is 1.81 bits per heavy atom. The minimum Gasteiger partial charge on any atom is -0.444 e. The molecule has 1 rings (SSSR count). The molecule has 1 fully saturated rings. The number of hydrogen-bond donors (Lipinski definition) is 2. The van der Waals surface area contributed by atoms with Gasteiger partial charge in [0.2, 0.25) is 0 Å². The van der Waals surface area contributed by atoms with Crippen LogP contribution in [0.1, 0.15) is 68.7 Å². The van der Waals surface area contributed by atoms with Crippen LogP contribution in [0.15, 0.2) is 0 Å². The van der Waals surface area contributed by atoms with Crippen LogP contribution >= 0.6 is 0 Å². The Bertz CT molecular complexity index is 643. The number of nitrogens with one attached hydrogen (secondary N) is 1. The largest absolute Gasteiger partial charge is 0.509 e. The summed E-state index contributed by atoms with van der Waals surface area (Å²) >= 11 is 0. The van der Waals surface area contributed by atoms with Crippen molar-refractivity contribution >= 4 is 18.4 Å². The predicted molar refractivity (Wildman–Crippen MR) is 111 cm³/mol. The number of amides is 1. The first kappa shape index (κ1) is 26.8. The quantitative estimate of drug-likeness (QED) is 0.491. The van der Waals surface area contributed by atoms with Crippen LogP contribution in [0.2, 0.25) is 0 Å². The summed E-state index contributed by atoms with van der Waals surface area (Å²) in [7, 11) is 0. The second kappa shape index (κ2) is 9.93. The van der Waals surface area contributed by atoms with Crippen molar-refractivity contribution in [1.29, 1.82) is 0 Å². The molecule has 0 heterocycles. The van der Waals surface area contributed by atoms with Crippen molar-refractivity contribution in [3.63, 3.8) is 0 Å². The van der Waals surface area contributed by atoms with Gasteiger partial charge in [-0.05, 0) is 68.7 Å². The van der Waals surface area contributed by atoms with Gasteiger partial charge in [-0.2, -0.15) is 0 Å². The van der Waals surface area contributed by atoms with E-state index in [0.29, 0.717) is 0 Å². The van der Waals surface area contributed by atoms with Crippen LogP contribution in [0.3, 0.4) is 0 Å². The second-order valence-electron chi connectivity index (χ2n) is 10.6. The fourth-order valence-electron chi connectivity index (χ4n) is 2.88. The van der Waals surface area contributed by atoms with Gasteiger partial charge in [0.1, 0.15) is 35.6 Å². The predicted octanol–water partition coefficient (Wildman–Crippen LogP) is 3.53. The summed E-state index contributed by atoms with van der Waals surface area (Å²) in [5.74, 6) is -0.602. The first-order chi connectivity index (χ1) is 13.9. The van der Waals surface area contributed by atoms with E-state index < -0.39 is 59.4 Å². The van der Waals surface area contributed by atoms with E-state index in [9.17, 15) is 19.5 Å². The molecule has 0 bridgehead atoms. The molecule has 0 aromatic heterocycles. The minimum absolute atomic E-state index is 0.177. The van der Waals surface area contributed by atoms with Gasteiger partial charge in [-0.1, -0.05) is 0 Å². The van der Waals surface area contributed by atoms with Crippen LogP contribution in [0.4, 0.5) is 14.4 Å². The lowest BCUT2D eigenvalue weighted by molar-refractivity contribution is -0.0731. The normalized spacial score (nSPS) is 24.2. The number of aliphatic hydroxyl groups excluding tert-OH is 1. The fraction of sp³-hybridized carbons (Fsp3) is 0.857. The van der Waals surface area contributed by atoms with Crippen LogP contribution in [0.5, 0.6) is 0 Å². The van der Waals surface area contributed by atoms with Gasteiger partial charge >= 0.3 is 18.4 Å².